The number of nitrogens with one attached hydrogen (secondary N) is 1. The molecule has 1 aromatic carbocycles. The summed E-state index contributed by atoms with van der Waals surface area (Å²) in [6.45, 7) is 3.07. The van der Waals surface area contributed by atoms with Gasteiger partial charge in [-0.1, -0.05) is 68.7 Å². The summed E-state index contributed by atoms with van der Waals surface area (Å²) < 4.78 is 0. The van der Waals surface area contributed by atoms with E-state index in [1.807, 2.05) is 48.7 Å². The van der Waals surface area contributed by atoms with Crippen molar-refractivity contribution in [3.63, 3.8) is 0 Å². The first-order valence-corrected chi connectivity index (χ1v) is 8.61. The van der Waals surface area contributed by atoms with Gasteiger partial charge in [0.2, 0.25) is 5.91 Å². The van der Waals surface area contributed by atoms with Gasteiger partial charge in [-0.05, 0) is 23.1 Å². The van der Waals surface area contributed by atoms with Crippen LogP contribution in [0.2, 0.25) is 0 Å². The van der Waals surface area contributed by atoms with E-state index in [9.17, 15) is 9.90 Å². The van der Waals surface area contributed by atoms with Gasteiger partial charge in [-0.15, -0.1) is 0 Å². The highest BCUT2D eigenvalue weighted by atomic mass is 16.3. The topological polar surface area (TPSA) is 61.7 Å². The van der Waals surface area contributed by atoms with E-state index in [-0.39, 0.29) is 5.91 Å². The lowest BCUT2D eigenvalue weighted by Crippen LogP contribution is -2.35. The van der Waals surface area contributed by atoms with Gasteiger partial charge >= 0.3 is 0 Å². The largest absolute Gasteiger partial charge is 0.383 e. The number of benzene rings is 1. The quantitative estimate of drug-likeness (QED) is 0.721. The number of carbonyl (C=O) groups is 1. The van der Waals surface area contributed by atoms with Crippen LogP contribution in [0, 0.1) is 0 Å². The molecule has 2 rings (SSSR count). The van der Waals surface area contributed by atoms with Crippen molar-refractivity contribution in [1.29, 1.82) is 0 Å². The fourth-order valence-electron chi connectivity index (χ4n) is 2.52. The van der Waals surface area contributed by atoms with Crippen LogP contribution in [0.15, 0.2) is 53.0 Å². The summed E-state index contributed by atoms with van der Waals surface area (Å²) in [4.78, 5) is 16.3. The molecule has 0 aromatic heterocycles. The molecular formula is C20H26N2O2. The second-order valence-electron chi connectivity index (χ2n) is 6.01. The Morgan fingerprint density at radius 1 is 1.25 bits per heavy atom. The van der Waals surface area contributed by atoms with E-state index in [1.165, 1.54) is 0 Å². The lowest BCUT2D eigenvalue weighted by molar-refractivity contribution is -0.129. The number of aliphatic imine (C=N–C) groups is 1. The van der Waals surface area contributed by atoms with E-state index in [0.717, 1.165) is 36.0 Å². The zero-order valence-electron chi connectivity index (χ0n) is 14.2. The number of carbonyl (C=O) groups excluding carboxylic acids is 1. The van der Waals surface area contributed by atoms with Crippen LogP contribution < -0.4 is 5.32 Å². The number of unbranched alkanes of at least 4 members (excludes halogenated alkanes) is 2. The van der Waals surface area contributed by atoms with Gasteiger partial charge in [0.15, 0.2) is 0 Å². The summed E-state index contributed by atoms with van der Waals surface area (Å²) in [6, 6.07) is 10.1. The van der Waals surface area contributed by atoms with E-state index in [1.54, 1.807) is 0 Å². The fraction of sp³-hybridized carbons (Fsp3) is 0.400. The maximum atomic E-state index is 11.9. The molecule has 0 spiro atoms. The number of rotatable bonds is 8. The highest BCUT2D eigenvalue weighted by Crippen LogP contribution is 2.15. The maximum Gasteiger partial charge on any atom is 0.249 e. The van der Waals surface area contributed by atoms with Crippen LogP contribution in [0.3, 0.4) is 0 Å². The fourth-order valence-corrected chi connectivity index (χ4v) is 2.52. The lowest BCUT2D eigenvalue weighted by atomic mass is 10.1. The zero-order chi connectivity index (χ0) is 17.2. The third-order valence-electron chi connectivity index (χ3n) is 4.00. The summed E-state index contributed by atoms with van der Waals surface area (Å²) in [5, 5.41) is 12.6. The van der Waals surface area contributed by atoms with Crippen LogP contribution in [-0.2, 0) is 4.79 Å². The van der Waals surface area contributed by atoms with Crippen molar-refractivity contribution in [2.24, 2.45) is 4.99 Å². The van der Waals surface area contributed by atoms with E-state index < -0.39 is 6.10 Å². The minimum atomic E-state index is -0.915. The van der Waals surface area contributed by atoms with Gasteiger partial charge in [0.1, 0.15) is 6.10 Å². The van der Waals surface area contributed by atoms with Crippen molar-refractivity contribution >= 4 is 17.7 Å². The van der Waals surface area contributed by atoms with Crippen molar-refractivity contribution in [2.45, 2.75) is 38.7 Å². The normalized spacial score (nSPS) is 15.2. The predicted molar refractivity (Wildman–Crippen MR) is 99.0 cm³/mol. The Balaban J connectivity index is 1.87. The Morgan fingerprint density at radius 2 is 2.04 bits per heavy atom. The third kappa shape index (κ3) is 5.78. The van der Waals surface area contributed by atoms with E-state index in [4.69, 9.17) is 0 Å². The average molecular weight is 326 g/mol. The Hall–Kier alpha value is -2.20. The minimum absolute atomic E-state index is 0.299. The van der Waals surface area contributed by atoms with E-state index in [2.05, 4.69) is 17.2 Å². The molecule has 1 unspecified atom stereocenters. The van der Waals surface area contributed by atoms with Gasteiger partial charge in [-0.2, -0.15) is 0 Å². The second kappa shape index (κ2) is 9.83. The first kappa shape index (κ1) is 18.1. The van der Waals surface area contributed by atoms with Gasteiger partial charge in [0.05, 0.1) is 6.54 Å². The van der Waals surface area contributed by atoms with Crippen molar-refractivity contribution in [3.05, 3.63) is 53.6 Å². The van der Waals surface area contributed by atoms with Crippen molar-refractivity contribution in [3.8, 4) is 0 Å². The molecule has 1 atom stereocenters. The third-order valence-corrected chi connectivity index (χ3v) is 4.00. The molecule has 0 aliphatic carbocycles. The summed E-state index contributed by atoms with van der Waals surface area (Å²) in [7, 11) is 0. The number of hydrogen-bond donors (Lipinski definition) is 2. The molecule has 1 aromatic rings. The van der Waals surface area contributed by atoms with E-state index >= 15 is 0 Å². The van der Waals surface area contributed by atoms with Crippen LogP contribution in [-0.4, -0.2) is 36.4 Å². The molecule has 0 saturated heterocycles. The number of nitrogens with zero attached hydrogens (tertiary/aromatic N) is 1. The highest BCUT2D eigenvalue weighted by molar-refractivity contribution is 6.10. The zero-order valence-corrected chi connectivity index (χ0v) is 14.2. The van der Waals surface area contributed by atoms with E-state index in [0.29, 0.717) is 19.5 Å². The molecule has 0 fully saturated rings. The van der Waals surface area contributed by atoms with Crippen LogP contribution in [0.4, 0.5) is 0 Å². The van der Waals surface area contributed by atoms with Crippen molar-refractivity contribution < 1.29 is 9.90 Å². The number of hydrogen-bond acceptors (Lipinski definition) is 3. The molecule has 1 amide bonds. The van der Waals surface area contributed by atoms with Gasteiger partial charge in [-0.25, -0.2) is 0 Å². The molecule has 4 nitrogen and oxygen atoms in total. The van der Waals surface area contributed by atoms with Crippen LogP contribution in [0.5, 0.6) is 0 Å². The number of aliphatic hydroxyl groups excluding tert-OH is 1. The molecule has 24 heavy (non-hydrogen) atoms. The Kier molecular flexibility index (Phi) is 7.43. The summed E-state index contributed by atoms with van der Waals surface area (Å²) in [5.74, 6) is -0.299. The SMILES string of the molecule is CCCCCC(O)C(=O)NCC1=CC=C(c2ccccc2)C=NC1. The van der Waals surface area contributed by atoms with Crippen LogP contribution >= 0.6 is 0 Å². The standard InChI is InChI=1S/C20H26N2O2/c1-2-3-5-10-19(23)20(24)22-14-16-11-12-18(15-21-13-16)17-8-6-4-7-9-17/h4,6-9,11-12,15,19,23H,2-3,5,10,13-14H2,1H3,(H,22,24). The molecule has 1 aliphatic rings. The van der Waals surface area contributed by atoms with Crippen LogP contribution in [0.1, 0.15) is 38.2 Å². The average Bonchev–Trinajstić information content (AvgIpc) is 2.86. The molecule has 4 heteroatoms. The monoisotopic (exact) mass is 326 g/mol. The molecule has 128 valence electrons. The molecule has 0 bridgehead atoms. The van der Waals surface area contributed by atoms with Crippen LogP contribution in [0.25, 0.3) is 5.57 Å². The molecule has 2 N–H and O–H groups in total. The molecule has 1 heterocycles. The predicted octanol–water partition coefficient (Wildman–Crippen LogP) is 3.14. The highest BCUT2D eigenvalue weighted by Gasteiger charge is 2.14. The molecule has 1 aliphatic heterocycles. The van der Waals surface area contributed by atoms with Crippen molar-refractivity contribution in [2.75, 3.05) is 13.1 Å². The summed E-state index contributed by atoms with van der Waals surface area (Å²) >= 11 is 0. The first-order chi connectivity index (χ1) is 11.7. The number of amides is 1. The Morgan fingerprint density at radius 3 is 2.79 bits per heavy atom. The Labute approximate surface area is 144 Å². The lowest BCUT2D eigenvalue weighted by Gasteiger charge is -2.11. The second-order valence-corrected chi connectivity index (χ2v) is 6.01. The van der Waals surface area contributed by atoms with Gasteiger partial charge in [0.25, 0.3) is 0 Å². The van der Waals surface area contributed by atoms with Gasteiger partial charge < -0.3 is 10.4 Å². The maximum absolute atomic E-state index is 11.9. The Bertz CT molecular complexity index is 618. The summed E-state index contributed by atoms with van der Waals surface area (Å²) in [5.41, 5.74) is 3.19. The van der Waals surface area contributed by atoms with Gasteiger partial charge in [-0.3, -0.25) is 9.79 Å². The van der Waals surface area contributed by atoms with Crippen molar-refractivity contribution in [1.82, 2.24) is 5.32 Å². The smallest absolute Gasteiger partial charge is 0.249 e. The first-order valence-electron chi connectivity index (χ1n) is 8.61. The van der Waals surface area contributed by atoms with Gasteiger partial charge in [0, 0.05) is 12.8 Å². The molecular weight excluding hydrogens is 300 g/mol. The molecule has 0 saturated carbocycles. The number of aliphatic hydroxyl groups is 1. The minimum Gasteiger partial charge on any atom is -0.383 e. The number of allylic oxidation sites excluding steroid dienone is 3. The molecule has 0 radical (unpaired) electrons. The summed E-state index contributed by atoms with van der Waals surface area (Å²) in [6.07, 6.45) is 8.48.